The maximum absolute atomic E-state index is 12.4. The highest BCUT2D eigenvalue weighted by Gasteiger charge is 2.34. The van der Waals surface area contributed by atoms with Crippen molar-refractivity contribution in [1.82, 2.24) is 4.72 Å². The number of hydrogen-bond donors (Lipinski definition) is 2. The lowest BCUT2D eigenvalue weighted by Crippen LogP contribution is -2.37. The third-order valence-electron chi connectivity index (χ3n) is 4.15. The van der Waals surface area contributed by atoms with Gasteiger partial charge in [-0.25, -0.2) is 13.1 Å². The number of thiocarbonyl (C=S) groups is 1. The van der Waals surface area contributed by atoms with E-state index in [0.717, 1.165) is 30.6 Å². The molecule has 1 saturated carbocycles. The van der Waals surface area contributed by atoms with E-state index in [-0.39, 0.29) is 15.2 Å². The summed E-state index contributed by atoms with van der Waals surface area (Å²) in [5.74, 6) is 0.989. The van der Waals surface area contributed by atoms with Crippen LogP contribution < -0.4 is 10.5 Å². The highest BCUT2D eigenvalue weighted by molar-refractivity contribution is 7.91. The van der Waals surface area contributed by atoms with Crippen molar-refractivity contribution >= 4 is 38.6 Å². The van der Waals surface area contributed by atoms with Gasteiger partial charge >= 0.3 is 0 Å². The van der Waals surface area contributed by atoms with Crippen molar-refractivity contribution in [1.29, 1.82) is 0 Å². The molecule has 1 fully saturated rings. The monoisotopic (exact) mass is 332 g/mol. The smallest absolute Gasteiger partial charge is 0.250 e. The molecule has 1 aliphatic carbocycles. The Hall–Kier alpha value is -0.500. The van der Waals surface area contributed by atoms with E-state index in [4.69, 9.17) is 18.0 Å². The van der Waals surface area contributed by atoms with Gasteiger partial charge in [-0.05, 0) is 36.8 Å². The Kier molecular flexibility index (Phi) is 4.84. The number of rotatable bonds is 5. The van der Waals surface area contributed by atoms with Gasteiger partial charge in [0, 0.05) is 6.04 Å². The van der Waals surface area contributed by atoms with Gasteiger partial charge in [0.05, 0.1) is 4.88 Å². The Bertz CT molecular complexity index is 595. The second-order valence-electron chi connectivity index (χ2n) is 5.32. The molecular formula is C13H20N2O2S3. The fraction of sp³-hybridized carbons (Fsp3) is 0.615. The fourth-order valence-electron chi connectivity index (χ4n) is 2.84. The van der Waals surface area contributed by atoms with Crippen molar-refractivity contribution in [3.05, 3.63) is 17.0 Å². The Morgan fingerprint density at radius 1 is 1.50 bits per heavy atom. The molecule has 0 bridgehead atoms. The summed E-state index contributed by atoms with van der Waals surface area (Å²) in [5, 5.41) is 0. The number of nitrogens with one attached hydrogen (secondary N) is 1. The molecule has 1 aromatic rings. The van der Waals surface area contributed by atoms with E-state index in [1.54, 1.807) is 12.1 Å². The molecule has 1 aliphatic rings. The maximum Gasteiger partial charge on any atom is 0.250 e. The molecular weight excluding hydrogens is 312 g/mol. The van der Waals surface area contributed by atoms with E-state index in [1.807, 2.05) is 0 Å². The minimum Gasteiger partial charge on any atom is -0.389 e. The van der Waals surface area contributed by atoms with Gasteiger partial charge in [-0.3, -0.25) is 0 Å². The van der Waals surface area contributed by atoms with Crippen LogP contribution in [0.15, 0.2) is 16.3 Å². The van der Waals surface area contributed by atoms with E-state index in [2.05, 4.69) is 18.6 Å². The van der Waals surface area contributed by atoms with Crippen LogP contribution in [0.25, 0.3) is 0 Å². The molecule has 0 spiro atoms. The minimum absolute atomic E-state index is 0.0281. The van der Waals surface area contributed by atoms with E-state index < -0.39 is 10.0 Å². The van der Waals surface area contributed by atoms with Crippen molar-refractivity contribution in [3.63, 3.8) is 0 Å². The van der Waals surface area contributed by atoms with Gasteiger partial charge < -0.3 is 5.73 Å². The zero-order valence-corrected chi connectivity index (χ0v) is 14.1. The van der Waals surface area contributed by atoms with Crippen LogP contribution in [0.2, 0.25) is 0 Å². The zero-order chi connectivity index (χ0) is 14.9. The number of sulfonamides is 1. The molecule has 7 heteroatoms. The molecule has 0 saturated heterocycles. The number of hydrogen-bond acceptors (Lipinski definition) is 4. The standard InChI is InChI=1S/C13H20N2O2S3/c1-3-9-4-5-10(8(9)2)15-20(16,17)12-7-6-11(19-12)13(14)18/h6-10,15H,3-5H2,1-2H3,(H2,14,18). The van der Waals surface area contributed by atoms with Crippen LogP contribution in [0, 0.1) is 11.8 Å². The van der Waals surface area contributed by atoms with Gasteiger partial charge in [0.15, 0.2) is 0 Å². The summed E-state index contributed by atoms with van der Waals surface area (Å²) < 4.78 is 27.9. The summed E-state index contributed by atoms with van der Waals surface area (Å²) in [6, 6.07) is 3.26. The van der Waals surface area contributed by atoms with Gasteiger partial charge in [-0.1, -0.05) is 32.5 Å². The summed E-state index contributed by atoms with van der Waals surface area (Å²) >= 11 is 5.99. The average molecular weight is 333 g/mol. The maximum atomic E-state index is 12.4. The Morgan fingerprint density at radius 2 is 2.20 bits per heavy atom. The molecule has 1 aromatic heterocycles. The number of thiophene rings is 1. The molecule has 4 nitrogen and oxygen atoms in total. The molecule has 2 rings (SSSR count). The second kappa shape index (κ2) is 6.09. The van der Waals surface area contributed by atoms with Crippen LogP contribution in [0.5, 0.6) is 0 Å². The highest BCUT2D eigenvalue weighted by atomic mass is 32.2. The highest BCUT2D eigenvalue weighted by Crippen LogP contribution is 2.35. The van der Waals surface area contributed by atoms with Crippen molar-refractivity contribution in [2.75, 3.05) is 0 Å². The molecule has 1 heterocycles. The van der Waals surface area contributed by atoms with Gasteiger partial charge in [0.1, 0.15) is 9.20 Å². The first-order valence-electron chi connectivity index (χ1n) is 6.77. The van der Waals surface area contributed by atoms with Crippen LogP contribution in [0.4, 0.5) is 0 Å². The van der Waals surface area contributed by atoms with E-state index in [1.165, 1.54) is 0 Å². The Labute approximate surface area is 129 Å². The molecule has 0 aromatic carbocycles. The van der Waals surface area contributed by atoms with Crippen LogP contribution in [0.1, 0.15) is 38.0 Å². The summed E-state index contributed by atoms with van der Waals surface area (Å²) in [4.78, 5) is 0.864. The molecule has 3 unspecified atom stereocenters. The lowest BCUT2D eigenvalue weighted by Gasteiger charge is -2.20. The van der Waals surface area contributed by atoms with Crippen molar-refractivity contribution in [2.24, 2.45) is 17.6 Å². The lowest BCUT2D eigenvalue weighted by atomic mass is 9.94. The summed E-state index contributed by atoms with van der Waals surface area (Å²) in [7, 11) is -3.47. The van der Waals surface area contributed by atoms with Crippen molar-refractivity contribution in [2.45, 2.75) is 43.4 Å². The summed E-state index contributed by atoms with van der Waals surface area (Å²) in [6.45, 7) is 4.29. The molecule has 112 valence electrons. The molecule has 0 radical (unpaired) electrons. The van der Waals surface area contributed by atoms with Crippen LogP contribution in [-0.4, -0.2) is 19.4 Å². The normalized spacial score (nSPS) is 26.8. The summed E-state index contributed by atoms with van der Waals surface area (Å²) in [5.41, 5.74) is 5.52. The first-order chi connectivity index (χ1) is 9.35. The quantitative estimate of drug-likeness (QED) is 0.813. The molecule has 0 amide bonds. The van der Waals surface area contributed by atoms with Crippen LogP contribution >= 0.6 is 23.6 Å². The van der Waals surface area contributed by atoms with E-state index in [9.17, 15) is 8.42 Å². The first-order valence-corrected chi connectivity index (χ1v) is 9.48. The zero-order valence-electron chi connectivity index (χ0n) is 11.6. The first kappa shape index (κ1) is 15.9. The molecule has 3 atom stereocenters. The fourth-order valence-corrected chi connectivity index (χ4v) is 5.57. The van der Waals surface area contributed by atoms with E-state index in [0.29, 0.717) is 16.7 Å². The number of nitrogens with two attached hydrogens (primary N) is 1. The average Bonchev–Trinajstić information content (AvgIpc) is 2.98. The third-order valence-corrected chi connectivity index (χ3v) is 7.60. The SMILES string of the molecule is CCC1CCC(NS(=O)(=O)c2ccc(C(N)=S)s2)C1C. The second-order valence-corrected chi connectivity index (χ2v) is 8.78. The summed E-state index contributed by atoms with van der Waals surface area (Å²) in [6.07, 6.45) is 3.10. The molecule has 0 aliphatic heterocycles. The van der Waals surface area contributed by atoms with Crippen molar-refractivity contribution in [3.8, 4) is 0 Å². The van der Waals surface area contributed by atoms with E-state index >= 15 is 0 Å². The molecule has 3 N–H and O–H groups in total. The predicted molar refractivity (Wildman–Crippen MR) is 86.5 cm³/mol. The third kappa shape index (κ3) is 3.21. The Balaban J connectivity index is 2.13. The topological polar surface area (TPSA) is 72.2 Å². The minimum atomic E-state index is -3.47. The predicted octanol–water partition coefficient (Wildman–Crippen LogP) is 2.49. The van der Waals surface area contributed by atoms with Crippen LogP contribution in [-0.2, 0) is 10.0 Å². The largest absolute Gasteiger partial charge is 0.389 e. The lowest BCUT2D eigenvalue weighted by molar-refractivity contribution is 0.369. The van der Waals surface area contributed by atoms with Gasteiger partial charge in [-0.2, -0.15) is 0 Å². The van der Waals surface area contributed by atoms with Gasteiger partial charge in [-0.15, -0.1) is 11.3 Å². The van der Waals surface area contributed by atoms with Gasteiger partial charge in [0.2, 0.25) is 10.0 Å². The Morgan fingerprint density at radius 3 is 2.70 bits per heavy atom. The van der Waals surface area contributed by atoms with Crippen molar-refractivity contribution < 1.29 is 8.42 Å². The molecule has 20 heavy (non-hydrogen) atoms. The van der Waals surface area contributed by atoms with Gasteiger partial charge in [0.25, 0.3) is 0 Å². The van der Waals surface area contributed by atoms with Crippen LogP contribution in [0.3, 0.4) is 0 Å².